The van der Waals surface area contributed by atoms with E-state index in [1.807, 2.05) is 68.4 Å². The lowest BCUT2D eigenvalue weighted by molar-refractivity contribution is -0.138. The summed E-state index contributed by atoms with van der Waals surface area (Å²) in [7, 11) is 0. The summed E-state index contributed by atoms with van der Waals surface area (Å²) in [6.45, 7) is 5.22. The van der Waals surface area contributed by atoms with Crippen LogP contribution in [0.15, 0.2) is 78.9 Å². The Morgan fingerprint density at radius 1 is 0.740 bits per heavy atom. The molecule has 0 aliphatic rings. The van der Waals surface area contributed by atoms with Gasteiger partial charge >= 0.3 is 12.0 Å². The van der Waals surface area contributed by atoms with Crippen molar-refractivity contribution in [2.75, 3.05) is 10.6 Å². The summed E-state index contributed by atoms with van der Waals surface area (Å²) in [6.07, 6.45) is 2.53. The second-order valence-electron chi connectivity index (χ2n) is 12.8. The van der Waals surface area contributed by atoms with Gasteiger partial charge in [-0.2, -0.15) is 0 Å². The zero-order valence-electron chi connectivity index (χ0n) is 29.2. The maximum Gasteiger partial charge on any atom is 0.323 e. The van der Waals surface area contributed by atoms with Crippen LogP contribution in [0.1, 0.15) is 81.9 Å². The highest BCUT2D eigenvalue weighted by molar-refractivity contribution is 6.00. The zero-order chi connectivity index (χ0) is 36.5. The highest BCUT2D eigenvalue weighted by Crippen LogP contribution is 2.21. The first-order chi connectivity index (χ1) is 23.9. The molecule has 0 aliphatic heterocycles. The zero-order valence-corrected chi connectivity index (χ0v) is 29.2. The molecule has 10 nitrogen and oxygen atoms in total. The Kier molecular flexibility index (Phi) is 16.0. The van der Waals surface area contributed by atoms with E-state index in [0.29, 0.717) is 37.1 Å². The molecule has 0 bridgehead atoms. The molecule has 0 radical (unpaired) electrons. The number of amides is 3. The molecule has 0 saturated carbocycles. The maximum atomic E-state index is 13.8. The fourth-order valence-corrected chi connectivity index (χ4v) is 5.73. The molecule has 50 heavy (non-hydrogen) atoms. The van der Waals surface area contributed by atoms with Crippen LogP contribution in [0.4, 0.5) is 16.2 Å². The average Bonchev–Trinajstić information content (AvgIpc) is 3.08. The van der Waals surface area contributed by atoms with Crippen molar-refractivity contribution < 1.29 is 33.9 Å². The summed E-state index contributed by atoms with van der Waals surface area (Å²) >= 11 is 0. The molecular formula is C40H49N3O7. The molecule has 0 aromatic heterocycles. The minimum absolute atomic E-state index is 0.0269. The number of aliphatic carboxylic acids is 1. The number of unbranched alkanes of at least 4 members (excludes halogenated alkanes) is 1. The molecule has 266 valence electrons. The van der Waals surface area contributed by atoms with Gasteiger partial charge in [0.2, 0.25) is 5.91 Å². The molecular weight excluding hydrogens is 634 g/mol. The number of carbonyl (C=O) groups excluding carboxylic acids is 5. The number of hydrogen-bond donors (Lipinski definition) is 4. The first-order valence-electron chi connectivity index (χ1n) is 17.3. The molecule has 0 aliphatic carbocycles. The summed E-state index contributed by atoms with van der Waals surface area (Å²) in [5.74, 6) is -3.58. The van der Waals surface area contributed by atoms with Crippen molar-refractivity contribution >= 4 is 46.6 Å². The predicted molar refractivity (Wildman–Crippen MR) is 194 cm³/mol. The molecule has 3 rings (SSSR count). The molecule has 10 heteroatoms. The van der Waals surface area contributed by atoms with Crippen LogP contribution in [-0.4, -0.2) is 46.4 Å². The smallest absolute Gasteiger partial charge is 0.323 e. The van der Waals surface area contributed by atoms with E-state index in [1.165, 1.54) is 6.92 Å². The van der Waals surface area contributed by atoms with Crippen molar-refractivity contribution in [3.8, 4) is 0 Å². The summed E-state index contributed by atoms with van der Waals surface area (Å²) in [6, 6.07) is 22.8. The van der Waals surface area contributed by atoms with Crippen molar-refractivity contribution in [2.24, 2.45) is 11.8 Å². The second kappa shape index (κ2) is 20.4. The summed E-state index contributed by atoms with van der Waals surface area (Å²) in [5, 5.41) is 17.6. The van der Waals surface area contributed by atoms with Crippen molar-refractivity contribution in [3.63, 3.8) is 0 Å². The van der Waals surface area contributed by atoms with E-state index in [2.05, 4.69) is 16.0 Å². The number of rotatable bonds is 21. The Balaban J connectivity index is 1.67. The van der Waals surface area contributed by atoms with Gasteiger partial charge in [-0.1, -0.05) is 80.4 Å². The van der Waals surface area contributed by atoms with Gasteiger partial charge in [-0.25, -0.2) is 4.79 Å². The minimum Gasteiger partial charge on any atom is -0.481 e. The molecule has 3 atom stereocenters. The standard InChI is InChI=1S/C40H49N3O7/c1-4-5-14-36(37(46)26-31(28(3)44)20-23-38(47)48)42-39(49)32(19-16-29-12-7-6-8-13-29)25-34(45)24-30-17-21-33(22-18-30)41-40(50)43-35-15-10-9-11-27(35)2/h6-13,15,17-18,21-22,31-32,36H,4-5,14,16,19-20,23-26H2,1-3H3,(H,42,49)(H,47,48)(H2,41,43,50)/t31-,32-,36+/m1/s1. The number of anilines is 2. The van der Waals surface area contributed by atoms with Crippen LogP contribution < -0.4 is 16.0 Å². The number of carbonyl (C=O) groups is 6. The van der Waals surface area contributed by atoms with Crippen LogP contribution in [0, 0.1) is 18.8 Å². The van der Waals surface area contributed by atoms with Crippen molar-refractivity contribution in [1.82, 2.24) is 5.32 Å². The number of ketones is 3. The number of aryl methyl sites for hydroxylation is 2. The van der Waals surface area contributed by atoms with Crippen LogP contribution in [0.3, 0.4) is 0 Å². The predicted octanol–water partition coefficient (Wildman–Crippen LogP) is 7.09. The Hall–Kier alpha value is -5.12. The molecule has 0 heterocycles. The van der Waals surface area contributed by atoms with E-state index in [0.717, 1.165) is 23.1 Å². The number of para-hydroxylation sites is 1. The van der Waals surface area contributed by atoms with E-state index in [4.69, 9.17) is 5.11 Å². The Bertz CT molecular complexity index is 1600. The first kappa shape index (κ1) is 39.3. The number of carboxylic acids is 1. The fourth-order valence-electron chi connectivity index (χ4n) is 5.73. The van der Waals surface area contributed by atoms with Crippen LogP contribution in [-0.2, 0) is 36.8 Å². The Labute approximate surface area is 294 Å². The molecule has 0 saturated heterocycles. The van der Waals surface area contributed by atoms with E-state index in [-0.39, 0.29) is 55.5 Å². The highest BCUT2D eigenvalue weighted by atomic mass is 16.4. The van der Waals surface area contributed by atoms with Gasteiger partial charge in [-0.3, -0.25) is 24.0 Å². The molecule has 3 aromatic rings. The van der Waals surface area contributed by atoms with Gasteiger partial charge in [0, 0.05) is 48.9 Å². The summed E-state index contributed by atoms with van der Waals surface area (Å²) < 4.78 is 0. The van der Waals surface area contributed by atoms with Crippen LogP contribution in [0.2, 0.25) is 0 Å². The third kappa shape index (κ3) is 13.8. The lowest BCUT2D eigenvalue weighted by Crippen LogP contribution is -2.45. The van der Waals surface area contributed by atoms with Gasteiger partial charge in [0.15, 0.2) is 5.78 Å². The second-order valence-corrected chi connectivity index (χ2v) is 12.8. The first-order valence-corrected chi connectivity index (χ1v) is 17.3. The van der Waals surface area contributed by atoms with Crippen molar-refractivity contribution in [3.05, 3.63) is 95.6 Å². The quantitative estimate of drug-likeness (QED) is 0.0933. The maximum absolute atomic E-state index is 13.8. The molecule has 0 spiro atoms. The van der Waals surface area contributed by atoms with Gasteiger partial charge in [0.25, 0.3) is 0 Å². The lowest BCUT2D eigenvalue weighted by Gasteiger charge is -2.23. The largest absolute Gasteiger partial charge is 0.481 e. The molecule has 4 N–H and O–H groups in total. The molecule has 0 fully saturated rings. The minimum atomic E-state index is -1.04. The van der Waals surface area contributed by atoms with Crippen LogP contribution >= 0.6 is 0 Å². The number of hydrogen-bond acceptors (Lipinski definition) is 6. The number of urea groups is 1. The van der Waals surface area contributed by atoms with E-state index in [9.17, 15) is 28.8 Å². The SMILES string of the molecule is CCCC[C@H](NC(=O)[C@H](CCc1ccccc1)CC(=O)Cc1ccc(NC(=O)Nc2ccccc2C)cc1)C(=O)C[C@@H](CCC(=O)O)C(C)=O. The fraction of sp³-hybridized carbons (Fsp3) is 0.400. The van der Waals surface area contributed by atoms with E-state index >= 15 is 0 Å². The Morgan fingerprint density at radius 2 is 1.42 bits per heavy atom. The van der Waals surface area contributed by atoms with Gasteiger partial charge in [0.1, 0.15) is 11.6 Å². The summed E-state index contributed by atoms with van der Waals surface area (Å²) in [5.41, 5.74) is 3.95. The highest BCUT2D eigenvalue weighted by Gasteiger charge is 2.29. The van der Waals surface area contributed by atoms with E-state index < -0.39 is 29.8 Å². The van der Waals surface area contributed by atoms with Crippen LogP contribution in [0.5, 0.6) is 0 Å². The molecule has 3 amide bonds. The van der Waals surface area contributed by atoms with Crippen molar-refractivity contribution in [2.45, 2.75) is 91.0 Å². The average molecular weight is 684 g/mol. The van der Waals surface area contributed by atoms with Gasteiger partial charge in [0.05, 0.1) is 6.04 Å². The number of carboxylic acid groups (broad SMARTS) is 1. The third-order valence-electron chi connectivity index (χ3n) is 8.76. The summed E-state index contributed by atoms with van der Waals surface area (Å²) in [4.78, 5) is 76.3. The van der Waals surface area contributed by atoms with Gasteiger partial charge < -0.3 is 21.1 Å². The van der Waals surface area contributed by atoms with Crippen molar-refractivity contribution in [1.29, 1.82) is 0 Å². The number of Topliss-reactive ketones (excluding diaryl/α,β-unsaturated/α-hetero) is 3. The van der Waals surface area contributed by atoms with E-state index in [1.54, 1.807) is 24.3 Å². The van der Waals surface area contributed by atoms with Gasteiger partial charge in [-0.15, -0.1) is 0 Å². The lowest BCUT2D eigenvalue weighted by atomic mass is 9.88. The molecule has 3 aromatic carbocycles. The number of nitrogens with one attached hydrogen (secondary N) is 3. The molecule has 0 unspecified atom stereocenters. The third-order valence-corrected chi connectivity index (χ3v) is 8.76. The van der Waals surface area contributed by atoms with Gasteiger partial charge in [-0.05, 0) is 74.4 Å². The Morgan fingerprint density at radius 3 is 2.06 bits per heavy atom. The monoisotopic (exact) mass is 683 g/mol. The topological polar surface area (TPSA) is 159 Å². The number of benzene rings is 3. The normalized spacial score (nSPS) is 12.6. The van der Waals surface area contributed by atoms with Crippen LogP contribution in [0.25, 0.3) is 0 Å².